The second-order valence-corrected chi connectivity index (χ2v) is 1.71. The smallest absolute Gasteiger partial charge is 0.378 e. The molecule has 4 nitrogen and oxygen atoms in total. The standard InChI is InChI=1S/C3H4O4S/c1-7-3(6)8-2(4)5/h1H3,(H,4,5). The van der Waals surface area contributed by atoms with E-state index in [4.69, 9.17) is 5.11 Å². The third-order valence-electron chi connectivity index (χ3n) is 0.337. The van der Waals surface area contributed by atoms with Crippen molar-refractivity contribution in [1.82, 2.24) is 0 Å². The zero-order valence-electron chi connectivity index (χ0n) is 4.08. The van der Waals surface area contributed by atoms with Gasteiger partial charge < -0.3 is 9.84 Å². The molecule has 0 saturated heterocycles. The molecule has 0 aromatic rings. The van der Waals surface area contributed by atoms with Gasteiger partial charge in [0.2, 0.25) is 0 Å². The first-order valence-corrected chi connectivity index (χ1v) is 2.47. The number of carboxylic acid groups (broad SMARTS) is 1. The number of thioether (sulfide) groups is 1. The van der Waals surface area contributed by atoms with Crippen molar-refractivity contribution < 1.29 is 19.4 Å². The largest absolute Gasteiger partial charge is 0.473 e. The maximum absolute atomic E-state index is 9.98. The van der Waals surface area contributed by atoms with Crippen molar-refractivity contribution in [1.29, 1.82) is 0 Å². The van der Waals surface area contributed by atoms with Gasteiger partial charge >= 0.3 is 10.6 Å². The van der Waals surface area contributed by atoms with Crippen LogP contribution in [-0.4, -0.2) is 22.8 Å². The molecule has 0 aliphatic heterocycles. The Morgan fingerprint density at radius 3 is 2.25 bits per heavy atom. The molecule has 0 rings (SSSR count). The van der Waals surface area contributed by atoms with Crippen LogP contribution in [0.4, 0.5) is 9.59 Å². The molecule has 0 aromatic heterocycles. The molecule has 46 valence electrons. The van der Waals surface area contributed by atoms with E-state index < -0.39 is 10.6 Å². The molecule has 0 fully saturated rings. The van der Waals surface area contributed by atoms with E-state index in [9.17, 15) is 9.59 Å². The van der Waals surface area contributed by atoms with Gasteiger partial charge in [-0.3, -0.25) is 0 Å². The van der Waals surface area contributed by atoms with Gasteiger partial charge in [-0.2, -0.15) is 0 Å². The molecule has 1 N–H and O–H groups in total. The Labute approximate surface area is 49.8 Å². The van der Waals surface area contributed by atoms with Gasteiger partial charge in [-0.1, -0.05) is 0 Å². The summed E-state index contributed by atoms with van der Waals surface area (Å²) in [4.78, 5) is 19.6. The molecule has 0 spiro atoms. The second-order valence-electron chi connectivity index (χ2n) is 0.822. The second kappa shape index (κ2) is 3.31. The molecule has 0 aliphatic carbocycles. The summed E-state index contributed by atoms with van der Waals surface area (Å²) >= 11 is 0.110. The summed E-state index contributed by atoms with van der Waals surface area (Å²) in [5.41, 5.74) is 0. The van der Waals surface area contributed by atoms with E-state index in [1.807, 2.05) is 0 Å². The van der Waals surface area contributed by atoms with Gasteiger partial charge in [-0.05, 0) is 0 Å². The normalized spacial score (nSPS) is 8.12. The SMILES string of the molecule is COC(=O)SC(=O)O. The lowest BCUT2D eigenvalue weighted by molar-refractivity contribution is 0.199. The molecule has 0 aromatic carbocycles. The van der Waals surface area contributed by atoms with Crippen LogP contribution in [0, 0.1) is 0 Å². The third kappa shape index (κ3) is 3.48. The van der Waals surface area contributed by atoms with E-state index in [0.29, 0.717) is 0 Å². The molecule has 0 bridgehead atoms. The maximum atomic E-state index is 9.98. The monoisotopic (exact) mass is 136 g/mol. The van der Waals surface area contributed by atoms with Crippen LogP contribution in [0.1, 0.15) is 0 Å². The van der Waals surface area contributed by atoms with Crippen LogP contribution in [0.25, 0.3) is 0 Å². The Bertz CT molecular complexity index is 110. The van der Waals surface area contributed by atoms with Crippen LogP contribution in [0.15, 0.2) is 0 Å². The molecule has 0 atom stereocenters. The molecule has 0 saturated carbocycles. The van der Waals surface area contributed by atoms with E-state index in [1.165, 1.54) is 0 Å². The van der Waals surface area contributed by atoms with Crippen molar-refractivity contribution in [3.8, 4) is 0 Å². The van der Waals surface area contributed by atoms with Gasteiger partial charge in [0.05, 0.1) is 18.9 Å². The van der Waals surface area contributed by atoms with Crippen LogP contribution in [0.5, 0.6) is 0 Å². The van der Waals surface area contributed by atoms with Crippen molar-refractivity contribution in [3.63, 3.8) is 0 Å². The number of carbonyl (C=O) groups is 2. The van der Waals surface area contributed by atoms with Gasteiger partial charge in [-0.25, -0.2) is 9.59 Å². The van der Waals surface area contributed by atoms with Crippen LogP contribution in [-0.2, 0) is 4.74 Å². The van der Waals surface area contributed by atoms with Crippen LogP contribution < -0.4 is 0 Å². The number of hydrogen-bond donors (Lipinski definition) is 1. The molecule has 0 aliphatic rings. The quantitative estimate of drug-likeness (QED) is 0.506. The molecule has 5 heteroatoms. The average Bonchev–Trinajstić information content (AvgIpc) is 1.65. The lowest BCUT2D eigenvalue weighted by Crippen LogP contribution is -1.95. The lowest BCUT2D eigenvalue weighted by Gasteiger charge is -1.88. The number of methoxy groups -OCH3 is 1. The van der Waals surface area contributed by atoms with Gasteiger partial charge in [-0.15, -0.1) is 0 Å². The predicted octanol–water partition coefficient (Wildman–Crippen LogP) is 1.16. The highest BCUT2D eigenvalue weighted by Gasteiger charge is 2.06. The highest BCUT2D eigenvalue weighted by atomic mass is 32.2. The summed E-state index contributed by atoms with van der Waals surface area (Å²) in [5, 5.41) is 5.82. The summed E-state index contributed by atoms with van der Waals surface area (Å²) in [5.74, 6) is 0. The van der Waals surface area contributed by atoms with Crippen molar-refractivity contribution in [3.05, 3.63) is 0 Å². The lowest BCUT2D eigenvalue weighted by atomic mass is 11.5. The summed E-state index contributed by atoms with van der Waals surface area (Å²) < 4.78 is 4.00. The number of rotatable bonds is 0. The van der Waals surface area contributed by atoms with Gasteiger partial charge in [0.1, 0.15) is 0 Å². The first-order valence-electron chi connectivity index (χ1n) is 1.65. The van der Waals surface area contributed by atoms with Gasteiger partial charge in [0.15, 0.2) is 0 Å². The summed E-state index contributed by atoms with van der Waals surface area (Å²) in [7, 11) is 1.12. The molecule has 0 radical (unpaired) electrons. The minimum Gasteiger partial charge on any atom is -0.473 e. The average molecular weight is 136 g/mol. The molecule has 0 amide bonds. The molecular formula is C3H4O4S. The van der Waals surface area contributed by atoms with Crippen molar-refractivity contribution in [2.45, 2.75) is 0 Å². The van der Waals surface area contributed by atoms with Crippen LogP contribution in [0.2, 0.25) is 0 Å². The summed E-state index contributed by atoms with van der Waals surface area (Å²) in [6, 6.07) is 0. The minimum absolute atomic E-state index is 0.110. The van der Waals surface area contributed by atoms with E-state index in [-0.39, 0.29) is 11.8 Å². The van der Waals surface area contributed by atoms with Crippen molar-refractivity contribution >= 4 is 22.4 Å². The summed E-state index contributed by atoms with van der Waals surface area (Å²) in [6.07, 6.45) is 0. The van der Waals surface area contributed by atoms with Crippen molar-refractivity contribution in [2.75, 3.05) is 7.11 Å². The number of hydrogen-bond acceptors (Lipinski definition) is 4. The zero-order chi connectivity index (χ0) is 6.57. The fourth-order valence-electron chi connectivity index (χ4n) is 0.113. The van der Waals surface area contributed by atoms with E-state index >= 15 is 0 Å². The van der Waals surface area contributed by atoms with Crippen LogP contribution >= 0.6 is 11.8 Å². The Morgan fingerprint density at radius 2 is 2.12 bits per heavy atom. The zero-order valence-corrected chi connectivity index (χ0v) is 4.90. The molecule has 0 heterocycles. The first kappa shape index (κ1) is 7.29. The van der Waals surface area contributed by atoms with Crippen molar-refractivity contribution in [2.24, 2.45) is 0 Å². The fraction of sp³-hybridized carbons (Fsp3) is 0.333. The maximum Gasteiger partial charge on any atom is 0.378 e. The predicted molar refractivity (Wildman–Crippen MR) is 28.0 cm³/mol. The first-order chi connectivity index (χ1) is 3.66. The number of carbonyl (C=O) groups excluding carboxylic acids is 1. The summed E-state index contributed by atoms with van der Waals surface area (Å²) in [6.45, 7) is 0. The Kier molecular flexibility index (Phi) is 3.02. The minimum atomic E-state index is -1.25. The Hall–Kier alpha value is -0.710. The molecule has 8 heavy (non-hydrogen) atoms. The van der Waals surface area contributed by atoms with Gasteiger partial charge in [0.25, 0.3) is 0 Å². The van der Waals surface area contributed by atoms with Gasteiger partial charge in [0, 0.05) is 0 Å². The highest BCUT2D eigenvalue weighted by Crippen LogP contribution is 2.03. The fourth-order valence-corrected chi connectivity index (χ4v) is 0.339. The molecular weight excluding hydrogens is 132 g/mol. The molecule has 0 unspecified atom stereocenters. The Balaban J connectivity index is 3.40. The van der Waals surface area contributed by atoms with E-state index in [0.717, 1.165) is 7.11 Å². The van der Waals surface area contributed by atoms with Crippen LogP contribution in [0.3, 0.4) is 0 Å². The third-order valence-corrected chi connectivity index (χ3v) is 0.845. The highest BCUT2D eigenvalue weighted by molar-refractivity contribution is 8.25. The van der Waals surface area contributed by atoms with E-state index in [1.54, 1.807) is 0 Å². The van der Waals surface area contributed by atoms with E-state index in [2.05, 4.69) is 4.74 Å². The topological polar surface area (TPSA) is 63.6 Å². The Morgan fingerprint density at radius 1 is 1.62 bits per heavy atom. The number of ether oxygens (including phenoxy) is 1.